The van der Waals surface area contributed by atoms with Crippen LogP contribution < -0.4 is 9.64 Å². The Morgan fingerprint density at radius 3 is 2.64 bits per heavy atom. The average molecular weight is 695 g/mol. The average Bonchev–Trinajstić information content (AvgIpc) is 3.68. The summed E-state index contributed by atoms with van der Waals surface area (Å²) in [5, 5.41) is 8.28. The Balaban J connectivity index is 1.11. The molecule has 1 aromatic heterocycles. The number of fused-ring (bicyclic) bond motifs is 3. The van der Waals surface area contributed by atoms with Gasteiger partial charge in [-0.25, -0.2) is 21.0 Å². The van der Waals surface area contributed by atoms with Crippen molar-refractivity contribution in [1.29, 1.82) is 0 Å². The van der Waals surface area contributed by atoms with Gasteiger partial charge in [0, 0.05) is 60.6 Å². The molecule has 5 heterocycles. The van der Waals surface area contributed by atoms with E-state index in [2.05, 4.69) is 74.7 Å². The van der Waals surface area contributed by atoms with Crippen LogP contribution in [0.15, 0.2) is 67.0 Å². The smallest absolute Gasteiger partial charge is 0.319 e. The van der Waals surface area contributed by atoms with E-state index in [4.69, 9.17) is 32.9 Å². The maximum atomic E-state index is 13.7. The van der Waals surface area contributed by atoms with Gasteiger partial charge in [-0.3, -0.25) is 4.79 Å². The zero-order chi connectivity index (χ0) is 34.5. The number of hydrazine groups is 1. The molecule has 4 fully saturated rings. The molecule has 0 N–H and O–H groups in total. The minimum atomic E-state index is -0.910. The van der Waals surface area contributed by atoms with Crippen LogP contribution in [-0.4, -0.2) is 119 Å². The summed E-state index contributed by atoms with van der Waals surface area (Å²) in [5.74, 6) is -0.727. The van der Waals surface area contributed by atoms with E-state index in [0.717, 1.165) is 64.4 Å². The van der Waals surface area contributed by atoms with Gasteiger partial charge in [0.05, 0.1) is 11.6 Å². The number of hydrogen-bond acceptors (Lipinski definition) is 8. The molecule has 0 aliphatic carbocycles. The Labute approximate surface area is 296 Å². The second-order valence-electron chi connectivity index (χ2n) is 13.8. The molecule has 0 saturated carbocycles. The second-order valence-corrected chi connectivity index (χ2v) is 14.3. The van der Waals surface area contributed by atoms with E-state index in [1.54, 1.807) is 4.90 Å². The van der Waals surface area contributed by atoms with E-state index < -0.39 is 11.7 Å². The highest BCUT2D eigenvalue weighted by atomic mass is 35.5. The quantitative estimate of drug-likeness (QED) is 0.173. The fourth-order valence-electron chi connectivity index (χ4n) is 8.39. The lowest BCUT2D eigenvalue weighted by atomic mass is 9.97. The van der Waals surface area contributed by atoms with Crippen LogP contribution in [-0.2, 0) is 4.79 Å². The first kappa shape index (κ1) is 32.8. The van der Waals surface area contributed by atoms with Gasteiger partial charge in [-0.1, -0.05) is 54.6 Å². The van der Waals surface area contributed by atoms with Gasteiger partial charge < -0.3 is 24.3 Å². The lowest BCUT2D eigenvalue weighted by Crippen LogP contribution is -2.72. The Hall–Kier alpha value is -4.34. The van der Waals surface area contributed by atoms with Crippen molar-refractivity contribution < 1.29 is 13.9 Å². The molecule has 12 heteroatoms. The summed E-state index contributed by atoms with van der Waals surface area (Å²) in [7, 11) is 2.13. The van der Waals surface area contributed by atoms with Gasteiger partial charge in [0.2, 0.25) is 6.54 Å². The van der Waals surface area contributed by atoms with Crippen molar-refractivity contribution in [3.05, 3.63) is 83.4 Å². The molecule has 4 saturated heterocycles. The van der Waals surface area contributed by atoms with Crippen molar-refractivity contribution >= 4 is 45.0 Å². The molecule has 4 aromatic rings. The minimum absolute atomic E-state index is 0.0307. The number of piperazine rings is 1. The summed E-state index contributed by atoms with van der Waals surface area (Å²) in [6.45, 7) is 16.0. The van der Waals surface area contributed by atoms with Crippen LogP contribution >= 0.6 is 11.6 Å². The van der Waals surface area contributed by atoms with Crippen LogP contribution in [0.25, 0.3) is 37.6 Å². The minimum Gasteiger partial charge on any atom is -0.462 e. The van der Waals surface area contributed by atoms with E-state index >= 15 is 0 Å². The molecule has 3 aromatic carbocycles. The molecule has 1 amide bonds. The molecular weight excluding hydrogens is 655 g/mol. The molecule has 0 radical (unpaired) electrons. The molecule has 50 heavy (non-hydrogen) atoms. The zero-order valence-corrected chi connectivity index (χ0v) is 28.9. The molecule has 4 aliphatic rings. The van der Waals surface area contributed by atoms with Crippen LogP contribution in [0.2, 0.25) is 5.02 Å². The maximum absolute atomic E-state index is 13.7. The highest BCUT2D eigenvalue weighted by Gasteiger charge is 2.53. The number of nitrogens with zero attached hydrogens (tertiary/aromatic N) is 8. The number of hydrogen-bond donors (Lipinski definition) is 0. The Morgan fingerprint density at radius 2 is 1.86 bits per heavy atom. The van der Waals surface area contributed by atoms with Crippen LogP contribution in [0, 0.1) is 6.57 Å². The number of amides is 1. The number of likely N-dealkylation sites (N-methyl/N-ethyl adjacent to an activating group) is 1. The molecule has 0 spiro atoms. The molecule has 4 atom stereocenters. The van der Waals surface area contributed by atoms with Crippen LogP contribution in [0.4, 0.5) is 10.2 Å². The predicted molar refractivity (Wildman–Crippen MR) is 194 cm³/mol. The summed E-state index contributed by atoms with van der Waals surface area (Å²) >= 11 is 6.73. The summed E-state index contributed by atoms with van der Waals surface area (Å²) in [5.41, 5.74) is 2.82. The number of rotatable bonds is 8. The highest BCUT2D eigenvalue weighted by Crippen LogP contribution is 2.39. The number of halogens is 2. The summed E-state index contributed by atoms with van der Waals surface area (Å²) in [6.07, 6.45) is 3.00. The van der Waals surface area contributed by atoms with Gasteiger partial charge in [-0.15, -0.1) is 0 Å². The van der Waals surface area contributed by atoms with Gasteiger partial charge in [0.15, 0.2) is 5.83 Å². The lowest BCUT2D eigenvalue weighted by molar-refractivity contribution is -0.168. The SMILES string of the molecule is [C-]#[N+]C[C@H]1CN(c2nc(OC[C@@H]3CCCN3C)nc3cc(-c4cccc5cccc(Cl)c45)ccc23)CCN1N1C[C@@H]2[C@H]1CCN2C(=O)C(=C)F. The van der Waals surface area contributed by atoms with Gasteiger partial charge in [-0.05, 0) is 67.6 Å². The first-order valence-electron chi connectivity index (χ1n) is 17.4. The first-order chi connectivity index (χ1) is 24.3. The van der Waals surface area contributed by atoms with Crippen molar-refractivity contribution in [2.24, 2.45) is 0 Å². The Kier molecular flexibility index (Phi) is 8.81. The largest absolute Gasteiger partial charge is 0.462 e. The van der Waals surface area contributed by atoms with Crippen LogP contribution in [0.3, 0.4) is 0 Å². The summed E-state index contributed by atoms with van der Waals surface area (Å²) in [4.78, 5) is 32.4. The number of aromatic nitrogens is 2. The fraction of sp³-hybridized carbons (Fsp3) is 0.421. The molecule has 10 nitrogen and oxygen atoms in total. The van der Waals surface area contributed by atoms with Crippen molar-refractivity contribution in [3.8, 4) is 17.1 Å². The van der Waals surface area contributed by atoms with E-state index in [9.17, 15) is 9.18 Å². The molecule has 4 aliphatic heterocycles. The van der Waals surface area contributed by atoms with Crippen molar-refractivity contribution in [3.63, 3.8) is 0 Å². The second kappa shape index (κ2) is 13.4. The third-order valence-corrected chi connectivity index (χ3v) is 11.4. The van der Waals surface area contributed by atoms with Gasteiger partial charge in [-0.2, -0.15) is 9.97 Å². The molecule has 8 rings (SSSR count). The standard InChI is InChI=1S/C38H40ClFN8O2/c1-24(40)37(49)46-16-14-33-34(46)22-48(33)47-18-17-45(21-28(47)20-41-2)36-30-13-12-26(29-10-4-7-25-8-5-11-31(39)35(25)29)19-32(30)42-38(43-36)50-23-27-9-6-15-44(27)3/h4-5,7-8,10-13,19,27-28,33-34H,1,6,9,14-18,20-23H2,3H3/t27-,28-,33+,34+/m0/s1. The monoisotopic (exact) mass is 694 g/mol. The number of benzene rings is 3. The molecule has 258 valence electrons. The van der Waals surface area contributed by atoms with Gasteiger partial charge >= 0.3 is 6.01 Å². The fourth-order valence-corrected chi connectivity index (χ4v) is 8.68. The van der Waals surface area contributed by atoms with E-state index in [1.807, 2.05) is 18.2 Å². The molecule has 0 bridgehead atoms. The lowest BCUT2D eigenvalue weighted by Gasteiger charge is -2.55. The highest BCUT2D eigenvalue weighted by molar-refractivity contribution is 6.36. The van der Waals surface area contributed by atoms with Crippen molar-refractivity contribution in [1.82, 2.24) is 29.8 Å². The number of carbonyl (C=O) groups is 1. The van der Waals surface area contributed by atoms with Gasteiger partial charge in [0.25, 0.3) is 5.91 Å². The zero-order valence-electron chi connectivity index (χ0n) is 28.1. The normalized spacial score (nSPS) is 24.4. The Bertz CT molecular complexity index is 2020. The number of ether oxygens (including phenoxy) is 1. The predicted octanol–water partition coefficient (Wildman–Crippen LogP) is 5.67. The number of anilines is 1. The van der Waals surface area contributed by atoms with Crippen molar-refractivity contribution in [2.45, 2.75) is 43.4 Å². The maximum Gasteiger partial charge on any atom is 0.319 e. The molecular formula is C38H40ClFN8O2. The van der Waals surface area contributed by atoms with Crippen molar-refractivity contribution in [2.75, 3.05) is 64.4 Å². The topological polar surface area (TPSA) is 72.6 Å². The van der Waals surface area contributed by atoms with Gasteiger partial charge in [0.1, 0.15) is 18.5 Å². The van der Waals surface area contributed by atoms with E-state index in [1.165, 1.54) is 0 Å². The van der Waals surface area contributed by atoms with E-state index in [-0.39, 0.29) is 18.1 Å². The summed E-state index contributed by atoms with van der Waals surface area (Å²) < 4.78 is 20.0. The number of likely N-dealkylation sites (tertiary alicyclic amines) is 2. The Morgan fingerprint density at radius 1 is 1.02 bits per heavy atom. The van der Waals surface area contributed by atoms with Crippen LogP contribution in [0.5, 0.6) is 6.01 Å². The first-order valence-corrected chi connectivity index (χ1v) is 17.8. The summed E-state index contributed by atoms with van der Waals surface area (Å²) in [6, 6.07) is 19.1. The van der Waals surface area contributed by atoms with E-state index in [0.29, 0.717) is 63.0 Å². The third kappa shape index (κ3) is 5.84. The number of carbonyl (C=O) groups excluding carboxylic acids is 1. The molecule has 0 unspecified atom stereocenters. The third-order valence-electron chi connectivity index (χ3n) is 11.0. The van der Waals surface area contributed by atoms with Crippen LogP contribution in [0.1, 0.15) is 19.3 Å².